The van der Waals surface area contributed by atoms with Crippen LogP contribution in [0.5, 0.6) is 5.75 Å². The number of halogens is 1. The molecule has 0 unspecified atom stereocenters. The molecule has 0 atom stereocenters. The monoisotopic (exact) mass is 391 g/mol. The Morgan fingerprint density at radius 1 is 1.30 bits per heavy atom. The van der Waals surface area contributed by atoms with Gasteiger partial charge in [0.15, 0.2) is 6.61 Å². The lowest BCUT2D eigenvalue weighted by molar-refractivity contribution is -0.143. The van der Waals surface area contributed by atoms with Gasteiger partial charge in [0.05, 0.1) is 10.2 Å². The summed E-state index contributed by atoms with van der Waals surface area (Å²) in [6, 6.07) is 7.49. The molecule has 1 N–H and O–H groups in total. The molecule has 0 radical (unpaired) electrons. The number of carbonyl (C=O) groups is 2. The fourth-order valence-electron chi connectivity index (χ4n) is 1.45. The van der Waals surface area contributed by atoms with Crippen molar-refractivity contribution in [3.63, 3.8) is 0 Å². The maximum atomic E-state index is 11.5. The number of hydrogen-bond donors (Lipinski definition) is 1. The quantitative estimate of drug-likeness (QED) is 0.419. The zero-order chi connectivity index (χ0) is 14.8. The Morgan fingerprint density at radius 2 is 2.05 bits per heavy atom. The number of para-hydroxylation sites is 1. The Labute approximate surface area is 132 Å². The summed E-state index contributed by atoms with van der Waals surface area (Å²) in [6.45, 7) is 2.56. The summed E-state index contributed by atoms with van der Waals surface area (Å²) >= 11 is 2.15. The van der Waals surface area contributed by atoms with Gasteiger partial charge in [0.2, 0.25) is 0 Å². The molecule has 0 aliphatic heterocycles. The van der Waals surface area contributed by atoms with Gasteiger partial charge in [-0.3, -0.25) is 9.59 Å². The molecule has 0 bridgehead atoms. The summed E-state index contributed by atoms with van der Waals surface area (Å²) in [6.07, 6.45) is 0.874. The molecular formula is C14H18INO4. The zero-order valence-corrected chi connectivity index (χ0v) is 13.5. The first-order valence-corrected chi connectivity index (χ1v) is 7.51. The van der Waals surface area contributed by atoms with E-state index in [1.165, 1.54) is 0 Å². The van der Waals surface area contributed by atoms with Gasteiger partial charge in [-0.1, -0.05) is 12.1 Å². The largest absolute Gasteiger partial charge is 0.483 e. The first kappa shape index (κ1) is 16.7. The average molecular weight is 391 g/mol. The van der Waals surface area contributed by atoms with E-state index in [-0.39, 0.29) is 18.5 Å². The summed E-state index contributed by atoms with van der Waals surface area (Å²) in [5.74, 6) is 0.250. The number of rotatable bonds is 8. The highest BCUT2D eigenvalue weighted by atomic mass is 127. The van der Waals surface area contributed by atoms with Crippen LogP contribution in [-0.4, -0.2) is 31.6 Å². The molecule has 6 heteroatoms. The first-order valence-electron chi connectivity index (χ1n) is 6.43. The van der Waals surface area contributed by atoms with Gasteiger partial charge >= 0.3 is 5.97 Å². The molecule has 1 rings (SSSR count). The number of nitrogens with one attached hydrogen (secondary N) is 1. The number of benzene rings is 1. The minimum atomic E-state index is -0.239. The molecule has 5 nitrogen and oxygen atoms in total. The summed E-state index contributed by atoms with van der Waals surface area (Å²) < 4.78 is 11.2. The van der Waals surface area contributed by atoms with Crippen molar-refractivity contribution in [2.45, 2.75) is 19.8 Å². The van der Waals surface area contributed by atoms with Crippen molar-refractivity contribution in [2.75, 3.05) is 19.8 Å². The van der Waals surface area contributed by atoms with Crippen molar-refractivity contribution in [3.8, 4) is 5.75 Å². The van der Waals surface area contributed by atoms with Gasteiger partial charge in [-0.15, -0.1) is 0 Å². The van der Waals surface area contributed by atoms with Gasteiger partial charge in [-0.25, -0.2) is 0 Å². The second-order valence-electron chi connectivity index (χ2n) is 3.98. The van der Waals surface area contributed by atoms with Crippen molar-refractivity contribution in [3.05, 3.63) is 27.8 Å². The lowest BCUT2D eigenvalue weighted by Crippen LogP contribution is -2.30. The molecule has 0 saturated heterocycles. The van der Waals surface area contributed by atoms with Crippen molar-refractivity contribution in [2.24, 2.45) is 0 Å². The van der Waals surface area contributed by atoms with Crippen LogP contribution in [0.25, 0.3) is 0 Å². The van der Waals surface area contributed by atoms with E-state index in [2.05, 4.69) is 27.9 Å². The minimum absolute atomic E-state index is 0.0284. The van der Waals surface area contributed by atoms with Crippen LogP contribution in [0.4, 0.5) is 0 Å². The maximum absolute atomic E-state index is 11.5. The van der Waals surface area contributed by atoms with Gasteiger partial charge in [-0.2, -0.15) is 0 Å². The molecule has 1 aromatic rings. The van der Waals surface area contributed by atoms with E-state index in [1.807, 2.05) is 24.3 Å². The highest BCUT2D eigenvalue weighted by molar-refractivity contribution is 14.1. The van der Waals surface area contributed by atoms with Crippen LogP contribution < -0.4 is 10.1 Å². The Hall–Kier alpha value is -1.31. The molecule has 0 fully saturated rings. The Bertz CT molecular complexity index is 451. The van der Waals surface area contributed by atoms with Crippen molar-refractivity contribution in [1.29, 1.82) is 0 Å². The maximum Gasteiger partial charge on any atom is 0.305 e. The number of carbonyl (C=O) groups excluding carboxylic acids is 2. The van der Waals surface area contributed by atoms with Crippen LogP contribution >= 0.6 is 22.6 Å². The normalized spacial score (nSPS) is 9.90. The van der Waals surface area contributed by atoms with Crippen LogP contribution in [0.1, 0.15) is 19.8 Å². The lowest BCUT2D eigenvalue weighted by atomic mass is 10.3. The van der Waals surface area contributed by atoms with Crippen LogP contribution in [0, 0.1) is 3.57 Å². The fraction of sp³-hybridized carbons (Fsp3) is 0.429. The van der Waals surface area contributed by atoms with E-state index >= 15 is 0 Å². The van der Waals surface area contributed by atoms with Gasteiger partial charge in [0.25, 0.3) is 5.91 Å². The molecule has 0 aromatic heterocycles. The van der Waals surface area contributed by atoms with Crippen molar-refractivity contribution in [1.82, 2.24) is 5.32 Å². The Balaban J connectivity index is 2.15. The SMILES string of the molecule is CCOC(=O)CCCNC(=O)COc1ccccc1I. The Morgan fingerprint density at radius 3 is 2.75 bits per heavy atom. The van der Waals surface area contributed by atoms with Gasteiger partial charge in [0, 0.05) is 13.0 Å². The Kier molecular flexibility index (Phi) is 8.01. The van der Waals surface area contributed by atoms with E-state index in [9.17, 15) is 9.59 Å². The van der Waals surface area contributed by atoms with Gasteiger partial charge < -0.3 is 14.8 Å². The van der Waals surface area contributed by atoms with E-state index < -0.39 is 0 Å². The molecule has 1 aromatic carbocycles. The molecule has 1 amide bonds. The lowest BCUT2D eigenvalue weighted by Gasteiger charge is -2.08. The third kappa shape index (κ3) is 6.74. The number of hydrogen-bond acceptors (Lipinski definition) is 4. The van der Waals surface area contributed by atoms with E-state index in [1.54, 1.807) is 6.92 Å². The highest BCUT2D eigenvalue weighted by Crippen LogP contribution is 2.19. The third-order valence-electron chi connectivity index (χ3n) is 2.38. The molecule has 20 heavy (non-hydrogen) atoms. The van der Waals surface area contributed by atoms with Crippen LogP contribution in [-0.2, 0) is 14.3 Å². The molecular weight excluding hydrogens is 373 g/mol. The van der Waals surface area contributed by atoms with Gasteiger partial charge in [-0.05, 0) is 48.1 Å². The molecule has 0 spiro atoms. The fourth-order valence-corrected chi connectivity index (χ4v) is 1.99. The summed E-state index contributed by atoms with van der Waals surface area (Å²) in [5.41, 5.74) is 0. The molecule has 0 aliphatic carbocycles. The number of esters is 1. The number of ether oxygens (including phenoxy) is 2. The topological polar surface area (TPSA) is 64.6 Å². The van der Waals surface area contributed by atoms with E-state index in [0.717, 1.165) is 3.57 Å². The molecule has 0 aliphatic rings. The predicted octanol–water partition coefficient (Wildman–Crippen LogP) is 2.13. The van der Waals surface area contributed by atoms with Crippen LogP contribution in [0.3, 0.4) is 0 Å². The minimum Gasteiger partial charge on any atom is -0.483 e. The summed E-state index contributed by atoms with van der Waals surface area (Å²) in [7, 11) is 0. The van der Waals surface area contributed by atoms with Crippen LogP contribution in [0.2, 0.25) is 0 Å². The zero-order valence-electron chi connectivity index (χ0n) is 11.4. The second kappa shape index (κ2) is 9.57. The average Bonchev–Trinajstić information content (AvgIpc) is 2.43. The van der Waals surface area contributed by atoms with E-state index in [0.29, 0.717) is 31.7 Å². The summed E-state index contributed by atoms with van der Waals surface area (Å²) in [4.78, 5) is 22.6. The highest BCUT2D eigenvalue weighted by Gasteiger charge is 2.05. The third-order valence-corrected chi connectivity index (χ3v) is 3.27. The van der Waals surface area contributed by atoms with Crippen LogP contribution in [0.15, 0.2) is 24.3 Å². The van der Waals surface area contributed by atoms with Crippen molar-refractivity contribution < 1.29 is 19.1 Å². The smallest absolute Gasteiger partial charge is 0.305 e. The summed E-state index contributed by atoms with van der Waals surface area (Å²) in [5, 5.41) is 2.70. The first-order chi connectivity index (χ1) is 9.63. The molecule has 0 saturated carbocycles. The van der Waals surface area contributed by atoms with Crippen molar-refractivity contribution >= 4 is 34.5 Å². The van der Waals surface area contributed by atoms with E-state index in [4.69, 9.17) is 9.47 Å². The standard InChI is InChI=1S/C14H18INO4/c1-2-19-14(18)8-5-9-16-13(17)10-20-12-7-4-3-6-11(12)15/h3-4,6-7H,2,5,8-10H2,1H3,(H,16,17). The molecule has 0 heterocycles. The second-order valence-corrected chi connectivity index (χ2v) is 5.14. The molecule has 110 valence electrons. The van der Waals surface area contributed by atoms with Gasteiger partial charge in [0.1, 0.15) is 5.75 Å². The predicted molar refractivity (Wildman–Crippen MR) is 83.5 cm³/mol. The number of amides is 1.